The summed E-state index contributed by atoms with van der Waals surface area (Å²) in [6.45, 7) is 2.01. The van der Waals surface area contributed by atoms with Crippen molar-refractivity contribution in [3.63, 3.8) is 0 Å². The first-order valence-electron chi connectivity index (χ1n) is 7.52. The van der Waals surface area contributed by atoms with Crippen molar-refractivity contribution < 1.29 is 4.79 Å². The highest BCUT2D eigenvalue weighted by Crippen LogP contribution is 2.30. The van der Waals surface area contributed by atoms with E-state index in [9.17, 15) is 4.79 Å². The van der Waals surface area contributed by atoms with Gasteiger partial charge >= 0.3 is 0 Å². The minimum absolute atomic E-state index is 0.186. The van der Waals surface area contributed by atoms with Gasteiger partial charge in [-0.2, -0.15) is 5.10 Å². The number of hydrogen-bond acceptors (Lipinski definition) is 4. The van der Waals surface area contributed by atoms with E-state index in [0.29, 0.717) is 22.4 Å². The number of fused-ring (bicyclic) bond motifs is 1. The summed E-state index contributed by atoms with van der Waals surface area (Å²) in [6.07, 6.45) is 5.70. The van der Waals surface area contributed by atoms with Crippen molar-refractivity contribution >= 4 is 44.7 Å². The van der Waals surface area contributed by atoms with E-state index < -0.39 is 0 Å². The summed E-state index contributed by atoms with van der Waals surface area (Å²) in [4.78, 5) is 15.4. The molecule has 0 atom stereocenters. The first kappa shape index (κ1) is 14.7. The van der Waals surface area contributed by atoms with E-state index in [0.717, 1.165) is 36.1 Å². The summed E-state index contributed by atoms with van der Waals surface area (Å²) >= 11 is 7.58. The molecule has 0 saturated carbocycles. The van der Waals surface area contributed by atoms with Gasteiger partial charge in [0.2, 0.25) is 0 Å². The summed E-state index contributed by atoms with van der Waals surface area (Å²) in [7, 11) is 0. The van der Waals surface area contributed by atoms with Crippen LogP contribution >= 0.6 is 22.9 Å². The Morgan fingerprint density at radius 1 is 1.43 bits per heavy atom. The zero-order valence-corrected chi connectivity index (χ0v) is 13.9. The molecule has 120 valence electrons. The monoisotopic (exact) mass is 349 g/mol. The van der Waals surface area contributed by atoms with Gasteiger partial charge in [0.05, 0.1) is 33.2 Å². The third kappa shape index (κ3) is 2.87. The summed E-state index contributed by atoms with van der Waals surface area (Å²) in [5.41, 5.74) is 2.02. The third-order valence-electron chi connectivity index (χ3n) is 4.10. The van der Waals surface area contributed by atoms with Crippen molar-refractivity contribution in [2.24, 2.45) is 0 Å². The molecule has 4 heterocycles. The lowest BCUT2D eigenvalue weighted by Crippen LogP contribution is -2.29. The molecule has 23 heavy (non-hydrogen) atoms. The van der Waals surface area contributed by atoms with Crippen LogP contribution in [0.4, 0.5) is 5.69 Å². The maximum Gasteiger partial charge on any atom is 0.272 e. The SMILES string of the molecule is O=C(Nc1cnn(C2CCNCC2)c1)c1cc2scc(Cl)c2[nH]1. The van der Waals surface area contributed by atoms with Gasteiger partial charge < -0.3 is 15.6 Å². The number of amides is 1. The van der Waals surface area contributed by atoms with Crippen LogP contribution in [0.3, 0.4) is 0 Å². The first-order valence-corrected chi connectivity index (χ1v) is 8.78. The molecule has 0 aliphatic carbocycles. The van der Waals surface area contributed by atoms with E-state index in [1.807, 2.05) is 22.3 Å². The Kier molecular flexibility index (Phi) is 3.84. The van der Waals surface area contributed by atoms with Gasteiger partial charge in [-0.05, 0) is 32.0 Å². The molecule has 8 heteroatoms. The first-order chi connectivity index (χ1) is 11.2. The molecule has 0 bridgehead atoms. The second-order valence-electron chi connectivity index (χ2n) is 5.65. The smallest absolute Gasteiger partial charge is 0.272 e. The van der Waals surface area contributed by atoms with Crippen LogP contribution in [-0.4, -0.2) is 33.8 Å². The van der Waals surface area contributed by atoms with Crippen molar-refractivity contribution in [2.75, 3.05) is 18.4 Å². The summed E-state index contributed by atoms with van der Waals surface area (Å²) < 4.78 is 2.92. The Balaban J connectivity index is 1.48. The summed E-state index contributed by atoms with van der Waals surface area (Å²) in [5.74, 6) is -0.186. The Labute approximate surface area is 141 Å². The van der Waals surface area contributed by atoms with Crippen LogP contribution in [0.25, 0.3) is 10.2 Å². The molecule has 1 saturated heterocycles. The number of rotatable bonds is 3. The fraction of sp³-hybridized carbons (Fsp3) is 0.333. The maximum atomic E-state index is 12.4. The van der Waals surface area contributed by atoms with E-state index in [1.165, 1.54) is 11.3 Å². The molecule has 0 aromatic carbocycles. The molecule has 0 spiro atoms. The van der Waals surface area contributed by atoms with Crippen molar-refractivity contribution in [3.8, 4) is 0 Å². The third-order valence-corrected chi connectivity index (χ3v) is 5.45. The van der Waals surface area contributed by atoms with Crippen molar-refractivity contribution in [1.82, 2.24) is 20.1 Å². The van der Waals surface area contributed by atoms with Crippen LogP contribution in [0.15, 0.2) is 23.8 Å². The Morgan fingerprint density at radius 2 is 2.26 bits per heavy atom. The van der Waals surface area contributed by atoms with Gasteiger partial charge in [0.15, 0.2) is 0 Å². The zero-order chi connectivity index (χ0) is 15.8. The standard InChI is InChI=1S/C15H16ClN5OS/c16-11-8-23-13-5-12(20-14(11)13)15(22)19-9-6-18-21(7-9)10-1-3-17-4-2-10/h5-8,10,17,20H,1-4H2,(H,19,22). The van der Waals surface area contributed by atoms with Crippen LogP contribution in [0.2, 0.25) is 5.02 Å². The van der Waals surface area contributed by atoms with Gasteiger partial charge in [0.25, 0.3) is 5.91 Å². The van der Waals surface area contributed by atoms with Gasteiger partial charge in [-0.1, -0.05) is 11.6 Å². The number of aromatic amines is 1. The topological polar surface area (TPSA) is 74.7 Å². The summed E-state index contributed by atoms with van der Waals surface area (Å²) in [5, 5.41) is 13.1. The predicted octanol–water partition coefficient (Wildman–Crippen LogP) is 3.26. The van der Waals surface area contributed by atoms with Gasteiger partial charge in [-0.25, -0.2) is 0 Å². The average molecular weight is 350 g/mol. The molecule has 3 aromatic heterocycles. The van der Waals surface area contributed by atoms with Crippen molar-refractivity contribution in [2.45, 2.75) is 18.9 Å². The van der Waals surface area contributed by atoms with E-state index in [-0.39, 0.29) is 5.91 Å². The summed E-state index contributed by atoms with van der Waals surface area (Å²) in [6, 6.07) is 2.22. The lowest BCUT2D eigenvalue weighted by molar-refractivity contribution is 0.102. The second-order valence-corrected chi connectivity index (χ2v) is 6.97. The highest BCUT2D eigenvalue weighted by molar-refractivity contribution is 7.17. The second kappa shape index (κ2) is 5.99. The molecule has 0 unspecified atom stereocenters. The minimum atomic E-state index is -0.186. The number of halogens is 1. The fourth-order valence-corrected chi connectivity index (χ4v) is 4.03. The number of carbonyl (C=O) groups excluding carboxylic acids is 1. The number of piperidine rings is 1. The number of hydrogen-bond donors (Lipinski definition) is 3. The maximum absolute atomic E-state index is 12.4. The molecular formula is C15H16ClN5OS. The van der Waals surface area contributed by atoms with E-state index in [1.54, 1.807) is 6.20 Å². The molecule has 1 amide bonds. The fourth-order valence-electron chi connectivity index (χ4n) is 2.87. The average Bonchev–Trinajstić information content (AvgIpc) is 3.26. The van der Waals surface area contributed by atoms with Gasteiger partial charge in [0.1, 0.15) is 5.69 Å². The van der Waals surface area contributed by atoms with E-state index >= 15 is 0 Å². The molecule has 6 nitrogen and oxygen atoms in total. The largest absolute Gasteiger partial charge is 0.349 e. The lowest BCUT2D eigenvalue weighted by Gasteiger charge is -2.22. The van der Waals surface area contributed by atoms with Crippen LogP contribution < -0.4 is 10.6 Å². The Morgan fingerprint density at radius 3 is 3.04 bits per heavy atom. The number of anilines is 1. The number of H-pyrrole nitrogens is 1. The molecule has 1 aliphatic heterocycles. The van der Waals surface area contributed by atoms with Crippen LogP contribution in [0, 0.1) is 0 Å². The van der Waals surface area contributed by atoms with Crippen LogP contribution in [-0.2, 0) is 0 Å². The molecule has 3 N–H and O–H groups in total. The molecular weight excluding hydrogens is 334 g/mol. The number of thiophene rings is 1. The predicted molar refractivity (Wildman–Crippen MR) is 92.5 cm³/mol. The number of nitrogens with one attached hydrogen (secondary N) is 3. The molecule has 1 aliphatic rings. The quantitative estimate of drug-likeness (QED) is 0.679. The van der Waals surface area contributed by atoms with Crippen LogP contribution in [0.5, 0.6) is 0 Å². The van der Waals surface area contributed by atoms with Gasteiger partial charge in [-0.3, -0.25) is 9.48 Å². The lowest BCUT2D eigenvalue weighted by atomic mass is 10.1. The highest BCUT2D eigenvalue weighted by atomic mass is 35.5. The molecule has 4 rings (SSSR count). The number of carbonyl (C=O) groups is 1. The Hall–Kier alpha value is -1.83. The number of aromatic nitrogens is 3. The zero-order valence-electron chi connectivity index (χ0n) is 12.3. The van der Waals surface area contributed by atoms with Crippen LogP contribution in [0.1, 0.15) is 29.4 Å². The molecule has 1 fully saturated rings. The van der Waals surface area contributed by atoms with Crippen molar-refractivity contribution in [3.05, 3.63) is 34.6 Å². The molecule has 0 radical (unpaired) electrons. The van der Waals surface area contributed by atoms with Crippen molar-refractivity contribution in [1.29, 1.82) is 0 Å². The normalized spacial score (nSPS) is 16.0. The highest BCUT2D eigenvalue weighted by Gasteiger charge is 2.17. The number of nitrogens with zero attached hydrogens (tertiary/aromatic N) is 2. The minimum Gasteiger partial charge on any atom is -0.349 e. The van der Waals surface area contributed by atoms with E-state index in [4.69, 9.17) is 11.6 Å². The molecule has 3 aromatic rings. The van der Waals surface area contributed by atoms with Gasteiger partial charge in [0, 0.05) is 11.6 Å². The van der Waals surface area contributed by atoms with E-state index in [2.05, 4.69) is 20.7 Å². The van der Waals surface area contributed by atoms with Gasteiger partial charge in [-0.15, -0.1) is 11.3 Å². The Bertz CT molecular complexity index is 845.